The molecule has 3 heterocycles. The van der Waals surface area contributed by atoms with E-state index in [-0.39, 0.29) is 18.3 Å². The van der Waals surface area contributed by atoms with E-state index in [4.69, 9.17) is 15.1 Å². The number of imidazole rings is 1. The molecular weight excluding hydrogens is 422 g/mol. The number of nitrogen functional groups attached to an aromatic ring is 1. The van der Waals surface area contributed by atoms with Crippen molar-refractivity contribution in [2.75, 3.05) is 43.9 Å². The summed E-state index contributed by atoms with van der Waals surface area (Å²) in [5, 5.41) is 10.4. The van der Waals surface area contributed by atoms with Crippen LogP contribution in [-0.2, 0) is 22.5 Å². The zero-order valence-corrected chi connectivity index (χ0v) is 18.1. The number of para-hydroxylation sites is 2. The molecule has 0 bridgehead atoms. The molecule has 2 aromatic carbocycles. The Balaban J connectivity index is 1.27. The Morgan fingerprint density at radius 3 is 2.61 bits per heavy atom. The Kier molecular flexibility index (Phi) is 6.01. The third-order valence-electron chi connectivity index (χ3n) is 5.74. The minimum absolute atomic E-state index is 0.0426. The van der Waals surface area contributed by atoms with Gasteiger partial charge >= 0.3 is 0 Å². The maximum atomic E-state index is 12.9. The summed E-state index contributed by atoms with van der Waals surface area (Å²) < 4.78 is 11.9. The van der Waals surface area contributed by atoms with E-state index in [1.54, 1.807) is 4.57 Å². The quantitative estimate of drug-likeness (QED) is 0.442. The van der Waals surface area contributed by atoms with E-state index in [9.17, 15) is 4.79 Å². The Labute approximate surface area is 190 Å². The van der Waals surface area contributed by atoms with Crippen molar-refractivity contribution in [1.29, 1.82) is 0 Å². The van der Waals surface area contributed by atoms with Crippen LogP contribution in [0.2, 0.25) is 0 Å². The van der Waals surface area contributed by atoms with Gasteiger partial charge in [-0.1, -0.05) is 24.3 Å². The predicted molar refractivity (Wildman–Crippen MR) is 123 cm³/mol. The molecule has 1 saturated heterocycles. The maximum Gasteiger partial charge on any atom is 0.244 e. The number of hydrogen-bond donors (Lipinski definition) is 2. The van der Waals surface area contributed by atoms with Crippen LogP contribution in [0.4, 0.5) is 11.5 Å². The molecule has 33 heavy (non-hydrogen) atoms. The predicted octanol–water partition coefficient (Wildman–Crippen LogP) is 2.18. The summed E-state index contributed by atoms with van der Waals surface area (Å²) in [5.41, 5.74) is 9.68. The van der Waals surface area contributed by atoms with E-state index in [1.165, 1.54) is 5.56 Å². The van der Waals surface area contributed by atoms with Gasteiger partial charge in [-0.25, -0.2) is 9.61 Å². The minimum Gasteiger partial charge on any atom is -0.379 e. The molecule has 3 N–H and O–H groups in total. The van der Waals surface area contributed by atoms with Crippen LogP contribution in [0.3, 0.4) is 0 Å². The number of anilines is 2. The molecule has 2 aromatic heterocycles. The highest BCUT2D eigenvalue weighted by Gasteiger charge is 2.20. The highest BCUT2D eigenvalue weighted by atomic mass is 16.6. The van der Waals surface area contributed by atoms with Crippen LogP contribution >= 0.6 is 0 Å². The molecule has 0 radical (unpaired) electrons. The average Bonchev–Trinajstić information content (AvgIpc) is 3.42. The standard InChI is InChI=1S/C23H25N7O3/c24-22-21(27-33-28-22)23-26-18-3-1-2-4-19(18)30(23)15-20(31)25-17-7-5-16(6-8-17)9-10-29-11-13-32-14-12-29/h1-8H,9-15H2,(H2,24,28)(H,25,31). The van der Waals surface area contributed by atoms with Gasteiger partial charge in [0.25, 0.3) is 0 Å². The fraction of sp³-hybridized carbons (Fsp3) is 0.304. The van der Waals surface area contributed by atoms with Gasteiger partial charge in [-0.3, -0.25) is 9.69 Å². The Hall–Kier alpha value is -3.76. The molecule has 10 heteroatoms. The van der Waals surface area contributed by atoms with Crippen LogP contribution in [0.1, 0.15) is 5.56 Å². The van der Waals surface area contributed by atoms with Crippen LogP contribution < -0.4 is 11.1 Å². The van der Waals surface area contributed by atoms with E-state index in [2.05, 4.69) is 37.6 Å². The maximum absolute atomic E-state index is 12.9. The summed E-state index contributed by atoms with van der Waals surface area (Å²) in [4.78, 5) is 19.9. The smallest absolute Gasteiger partial charge is 0.244 e. The number of nitrogens with zero attached hydrogens (tertiary/aromatic N) is 5. The number of rotatable bonds is 7. The van der Waals surface area contributed by atoms with E-state index in [0.29, 0.717) is 11.5 Å². The molecule has 0 atom stereocenters. The van der Waals surface area contributed by atoms with Crippen molar-refractivity contribution in [2.45, 2.75) is 13.0 Å². The fourth-order valence-electron chi connectivity index (χ4n) is 3.98. The average molecular weight is 447 g/mol. The molecular formula is C23H25N7O3. The van der Waals surface area contributed by atoms with Gasteiger partial charge in [0.05, 0.1) is 24.2 Å². The van der Waals surface area contributed by atoms with Crippen LogP contribution in [0.25, 0.3) is 22.6 Å². The molecule has 1 fully saturated rings. The summed E-state index contributed by atoms with van der Waals surface area (Å²) in [5.74, 6) is 0.374. The zero-order chi connectivity index (χ0) is 22.6. The number of benzene rings is 2. The Morgan fingerprint density at radius 2 is 1.85 bits per heavy atom. The van der Waals surface area contributed by atoms with Gasteiger partial charge in [0.15, 0.2) is 17.3 Å². The minimum atomic E-state index is -0.185. The van der Waals surface area contributed by atoms with Crippen LogP contribution in [-0.4, -0.2) is 63.5 Å². The van der Waals surface area contributed by atoms with Crippen molar-refractivity contribution in [3.8, 4) is 11.5 Å². The molecule has 5 rings (SSSR count). The molecule has 0 spiro atoms. The number of aromatic nitrogens is 4. The summed E-state index contributed by atoms with van der Waals surface area (Å²) in [6.07, 6.45) is 0.964. The molecule has 1 amide bonds. The Morgan fingerprint density at radius 1 is 1.06 bits per heavy atom. The van der Waals surface area contributed by atoms with Gasteiger partial charge in [0.2, 0.25) is 5.91 Å². The van der Waals surface area contributed by atoms with E-state index in [0.717, 1.165) is 56.0 Å². The number of fused-ring (bicyclic) bond motifs is 1. The molecule has 0 saturated carbocycles. The second kappa shape index (κ2) is 9.39. The van der Waals surface area contributed by atoms with Crippen LogP contribution in [0.15, 0.2) is 53.2 Å². The zero-order valence-electron chi connectivity index (χ0n) is 18.1. The summed E-state index contributed by atoms with van der Waals surface area (Å²) in [6.45, 7) is 4.62. The van der Waals surface area contributed by atoms with E-state index >= 15 is 0 Å². The van der Waals surface area contributed by atoms with Crippen molar-refractivity contribution in [2.24, 2.45) is 0 Å². The van der Waals surface area contributed by atoms with Crippen LogP contribution in [0.5, 0.6) is 0 Å². The second-order valence-electron chi connectivity index (χ2n) is 7.96. The van der Waals surface area contributed by atoms with E-state index in [1.807, 2.05) is 36.4 Å². The highest BCUT2D eigenvalue weighted by molar-refractivity contribution is 5.92. The van der Waals surface area contributed by atoms with Crippen molar-refractivity contribution in [3.05, 3.63) is 54.1 Å². The first kappa shape index (κ1) is 21.1. The van der Waals surface area contributed by atoms with Gasteiger partial charge < -0.3 is 20.4 Å². The lowest BCUT2D eigenvalue weighted by Gasteiger charge is -2.26. The number of amides is 1. The Bertz CT molecular complexity index is 1240. The van der Waals surface area contributed by atoms with Gasteiger partial charge in [-0.2, -0.15) is 0 Å². The molecule has 1 aliphatic heterocycles. The first-order valence-electron chi connectivity index (χ1n) is 10.9. The number of morpholine rings is 1. The molecule has 0 unspecified atom stereocenters. The van der Waals surface area contributed by atoms with Crippen molar-refractivity contribution in [1.82, 2.24) is 24.8 Å². The van der Waals surface area contributed by atoms with Gasteiger partial charge in [-0.15, -0.1) is 0 Å². The third-order valence-corrected chi connectivity index (χ3v) is 5.74. The first-order chi connectivity index (χ1) is 16.2. The highest BCUT2D eigenvalue weighted by Crippen LogP contribution is 2.26. The van der Waals surface area contributed by atoms with Gasteiger partial charge in [0.1, 0.15) is 6.54 Å². The molecule has 4 aromatic rings. The van der Waals surface area contributed by atoms with E-state index < -0.39 is 0 Å². The van der Waals surface area contributed by atoms with Crippen molar-refractivity contribution >= 4 is 28.4 Å². The molecule has 1 aliphatic rings. The number of carbonyl (C=O) groups is 1. The number of hydrogen-bond acceptors (Lipinski definition) is 8. The second-order valence-corrected chi connectivity index (χ2v) is 7.96. The molecule has 0 aliphatic carbocycles. The third kappa shape index (κ3) is 4.71. The van der Waals surface area contributed by atoms with Crippen molar-refractivity contribution in [3.63, 3.8) is 0 Å². The van der Waals surface area contributed by atoms with Gasteiger partial charge in [0, 0.05) is 25.3 Å². The number of carbonyl (C=O) groups excluding carboxylic acids is 1. The number of ether oxygens (including phenoxy) is 1. The summed E-state index contributed by atoms with van der Waals surface area (Å²) >= 11 is 0. The van der Waals surface area contributed by atoms with Crippen molar-refractivity contribution < 1.29 is 14.2 Å². The first-order valence-corrected chi connectivity index (χ1v) is 10.9. The summed E-state index contributed by atoms with van der Waals surface area (Å²) in [6, 6.07) is 15.5. The monoisotopic (exact) mass is 447 g/mol. The lowest BCUT2D eigenvalue weighted by atomic mass is 10.1. The molecule has 170 valence electrons. The normalized spacial score (nSPS) is 14.5. The molecule has 10 nitrogen and oxygen atoms in total. The number of nitrogens with two attached hydrogens (primary N) is 1. The topological polar surface area (TPSA) is 124 Å². The lowest BCUT2D eigenvalue weighted by Crippen LogP contribution is -2.37. The summed E-state index contributed by atoms with van der Waals surface area (Å²) in [7, 11) is 0. The SMILES string of the molecule is Nc1nonc1-c1nc2ccccc2n1CC(=O)Nc1ccc(CCN2CCOCC2)cc1. The van der Waals surface area contributed by atoms with Gasteiger partial charge in [-0.05, 0) is 46.6 Å². The fourth-order valence-corrected chi connectivity index (χ4v) is 3.98. The van der Waals surface area contributed by atoms with Crippen LogP contribution in [0, 0.1) is 0 Å². The lowest BCUT2D eigenvalue weighted by molar-refractivity contribution is -0.116. The largest absolute Gasteiger partial charge is 0.379 e. The number of nitrogens with one attached hydrogen (secondary N) is 1.